The van der Waals surface area contributed by atoms with Crippen molar-refractivity contribution in [3.05, 3.63) is 59.5 Å². The first-order valence-corrected chi connectivity index (χ1v) is 9.90. The number of aromatic nitrogens is 2. The molecule has 0 unspecified atom stereocenters. The molecule has 3 rings (SSSR count). The largest absolute Gasteiger partial charge is 0.493 e. The van der Waals surface area contributed by atoms with Crippen LogP contribution in [0.5, 0.6) is 11.5 Å². The fourth-order valence-corrected chi connectivity index (χ4v) is 2.95. The van der Waals surface area contributed by atoms with Gasteiger partial charge in [0.1, 0.15) is 6.61 Å². The number of methoxy groups -OCH3 is 1. The normalized spacial score (nSPS) is 10.5. The van der Waals surface area contributed by atoms with Gasteiger partial charge in [-0.3, -0.25) is 9.59 Å². The Morgan fingerprint density at radius 1 is 1.10 bits per heavy atom. The van der Waals surface area contributed by atoms with Crippen molar-refractivity contribution in [1.82, 2.24) is 10.1 Å². The number of benzene rings is 2. The van der Waals surface area contributed by atoms with Crippen LogP contribution in [-0.4, -0.2) is 35.6 Å². The number of rotatable bonds is 10. The lowest BCUT2D eigenvalue weighted by Crippen LogP contribution is -2.05. The monoisotopic (exact) mass is 424 g/mol. The first-order valence-electron chi connectivity index (χ1n) is 9.90. The van der Waals surface area contributed by atoms with E-state index in [0.29, 0.717) is 35.8 Å². The van der Waals surface area contributed by atoms with Crippen LogP contribution in [0.15, 0.2) is 47.0 Å². The average molecular weight is 424 g/mol. The molecule has 0 bridgehead atoms. The summed E-state index contributed by atoms with van der Waals surface area (Å²) in [4.78, 5) is 28.2. The molecule has 0 saturated carbocycles. The molecule has 0 N–H and O–H groups in total. The minimum Gasteiger partial charge on any atom is -0.493 e. The molecule has 0 spiro atoms. The summed E-state index contributed by atoms with van der Waals surface area (Å²) in [5.74, 6) is 0.867. The predicted molar refractivity (Wildman–Crippen MR) is 112 cm³/mol. The molecule has 0 aliphatic rings. The zero-order valence-corrected chi connectivity index (χ0v) is 17.7. The second kappa shape index (κ2) is 10.4. The number of Topliss-reactive ketones (excluding diaryl/α,β-unsaturated/α-hetero) is 1. The third-order valence-electron chi connectivity index (χ3n) is 4.48. The Morgan fingerprint density at radius 2 is 1.87 bits per heavy atom. The minimum atomic E-state index is -0.340. The van der Waals surface area contributed by atoms with Crippen molar-refractivity contribution in [2.24, 2.45) is 0 Å². The van der Waals surface area contributed by atoms with Gasteiger partial charge >= 0.3 is 5.97 Å². The number of carbonyl (C=O) groups is 2. The van der Waals surface area contributed by atoms with Crippen molar-refractivity contribution in [1.29, 1.82) is 0 Å². The fourth-order valence-electron chi connectivity index (χ4n) is 2.95. The van der Waals surface area contributed by atoms with Gasteiger partial charge in [0, 0.05) is 17.5 Å². The van der Waals surface area contributed by atoms with E-state index >= 15 is 0 Å². The van der Waals surface area contributed by atoms with Crippen molar-refractivity contribution in [2.45, 2.75) is 33.3 Å². The second-order valence-corrected chi connectivity index (χ2v) is 6.70. The van der Waals surface area contributed by atoms with Crippen molar-refractivity contribution < 1.29 is 28.3 Å². The lowest BCUT2D eigenvalue weighted by Gasteiger charge is -2.14. The molecular weight excluding hydrogens is 400 g/mol. The molecule has 0 fully saturated rings. The smallest absolute Gasteiger partial charge is 0.306 e. The Hall–Kier alpha value is -3.68. The van der Waals surface area contributed by atoms with E-state index in [1.165, 1.54) is 14.0 Å². The van der Waals surface area contributed by atoms with Crippen LogP contribution in [0.25, 0.3) is 11.4 Å². The number of ketones is 1. The quantitative estimate of drug-likeness (QED) is 0.355. The van der Waals surface area contributed by atoms with E-state index < -0.39 is 0 Å². The Labute approximate surface area is 180 Å². The summed E-state index contributed by atoms with van der Waals surface area (Å²) in [6.45, 7) is 3.84. The molecular formula is C23H24N2O6. The van der Waals surface area contributed by atoms with Gasteiger partial charge in [0.25, 0.3) is 0 Å². The maximum Gasteiger partial charge on any atom is 0.306 e. The highest BCUT2D eigenvalue weighted by molar-refractivity contribution is 6.01. The molecule has 8 heteroatoms. The SMILES string of the molecule is CCOC(=O)CCc1nc(-c2cc(OC)c(OCc3ccccc3)cc2C(C)=O)no1. The Balaban J connectivity index is 1.85. The maximum absolute atomic E-state index is 12.3. The Bertz CT molecular complexity index is 1050. The molecule has 1 aromatic heterocycles. The van der Waals surface area contributed by atoms with Gasteiger partial charge in [-0.25, -0.2) is 0 Å². The van der Waals surface area contributed by atoms with Crippen molar-refractivity contribution in [2.75, 3.05) is 13.7 Å². The van der Waals surface area contributed by atoms with Gasteiger partial charge in [-0.05, 0) is 31.5 Å². The number of carbonyl (C=O) groups excluding carboxylic acids is 2. The van der Waals surface area contributed by atoms with E-state index in [1.807, 2.05) is 30.3 Å². The number of ether oxygens (including phenoxy) is 3. The molecule has 0 saturated heterocycles. The lowest BCUT2D eigenvalue weighted by atomic mass is 10.0. The molecule has 8 nitrogen and oxygen atoms in total. The summed E-state index contributed by atoms with van der Waals surface area (Å²) in [7, 11) is 1.52. The topological polar surface area (TPSA) is 101 Å². The average Bonchev–Trinajstić information content (AvgIpc) is 3.25. The number of nitrogens with zero attached hydrogens (tertiary/aromatic N) is 2. The predicted octanol–water partition coefficient (Wildman–Crippen LogP) is 4.02. The summed E-state index contributed by atoms with van der Waals surface area (Å²) < 4.78 is 21.5. The Kier molecular flexibility index (Phi) is 7.37. The van der Waals surface area contributed by atoms with Crippen LogP contribution in [0.4, 0.5) is 0 Å². The molecule has 0 radical (unpaired) electrons. The second-order valence-electron chi connectivity index (χ2n) is 6.70. The van der Waals surface area contributed by atoms with Crippen molar-refractivity contribution in [3.63, 3.8) is 0 Å². The summed E-state index contributed by atoms with van der Waals surface area (Å²) >= 11 is 0. The zero-order valence-electron chi connectivity index (χ0n) is 17.7. The van der Waals surface area contributed by atoms with E-state index in [1.54, 1.807) is 19.1 Å². The first kappa shape index (κ1) is 22.0. The fraction of sp³-hybridized carbons (Fsp3) is 0.304. The molecule has 1 heterocycles. The first-order chi connectivity index (χ1) is 15.0. The highest BCUT2D eigenvalue weighted by Gasteiger charge is 2.20. The van der Waals surface area contributed by atoms with Crippen LogP contribution >= 0.6 is 0 Å². The van der Waals surface area contributed by atoms with Crippen LogP contribution in [0.1, 0.15) is 42.1 Å². The standard InChI is InChI=1S/C23H24N2O6/c1-4-29-22(27)11-10-21-24-23(25-31-21)18-13-19(28-3)20(12-17(18)15(2)26)30-14-16-8-6-5-7-9-16/h5-9,12-13H,4,10-11,14H2,1-3H3. The van der Waals surface area contributed by atoms with Gasteiger partial charge in [-0.2, -0.15) is 4.98 Å². The molecule has 0 atom stereocenters. The third kappa shape index (κ3) is 5.69. The van der Waals surface area contributed by atoms with Gasteiger partial charge in [-0.1, -0.05) is 35.5 Å². The van der Waals surface area contributed by atoms with Gasteiger partial charge in [0.15, 0.2) is 17.3 Å². The van der Waals surface area contributed by atoms with E-state index in [2.05, 4.69) is 10.1 Å². The van der Waals surface area contributed by atoms with Crippen molar-refractivity contribution in [3.8, 4) is 22.9 Å². The summed E-state index contributed by atoms with van der Waals surface area (Å²) in [6.07, 6.45) is 0.376. The molecule has 0 aliphatic heterocycles. The molecule has 31 heavy (non-hydrogen) atoms. The summed E-state index contributed by atoms with van der Waals surface area (Å²) in [5.41, 5.74) is 1.83. The van der Waals surface area contributed by atoms with E-state index in [4.69, 9.17) is 18.7 Å². The van der Waals surface area contributed by atoms with Crippen LogP contribution in [0.3, 0.4) is 0 Å². The molecule has 3 aromatic rings. The summed E-state index contributed by atoms with van der Waals surface area (Å²) in [5, 5.41) is 3.97. The highest BCUT2D eigenvalue weighted by Crippen LogP contribution is 2.35. The number of esters is 1. The Morgan fingerprint density at radius 3 is 2.55 bits per heavy atom. The van der Waals surface area contributed by atoms with E-state index in [0.717, 1.165) is 5.56 Å². The third-order valence-corrected chi connectivity index (χ3v) is 4.48. The molecule has 162 valence electrons. The van der Waals surface area contributed by atoms with Gasteiger partial charge in [0.05, 0.1) is 20.1 Å². The van der Waals surface area contributed by atoms with Crippen molar-refractivity contribution >= 4 is 11.8 Å². The number of hydrogen-bond acceptors (Lipinski definition) is 8. The van der Waals surface area contributed by atoms with Gasteiger partial charge in [-0.15, -0.1) is 0 Å². The maximum atomic E-state index is 12.3. The number of aryl methyl sites for hydroxylation is 1. The van der Waals surface area contributed by atoms with E-state index in [9.17, 15) is 9.59 Å². The molecule has 0 aliphatic carbocycles. The van der Waals surface area contributed by atoms with Crippen LogP contribution in [0, 0.1) is 0 Å². The molecule has 0 amide bonds. The van der Waals surface area contributed by atoms with Crippen LogP contribution < -0.4 is 9.47 Å². The zero-order chi connectivity index (χ0) is 22.2. The van der Waals surface area contributed by atoms with Crippen LogP contribution in [0.2, 0.25) is 0 Å². The number of hydrogen-bond donors (Lipinski definition) is 0. The highest BCUT2D eigenvalue weighted by atomic mass is 16.5. The van der Waals surface area contributed by atoms with E-state index in [-0.39, 0.29) is 36.3 Å². The lowest BCUT2D eigenvalue weighted by molar-refractivity contribution is -0.143. The van der Waals surface area contributed by atoms with Gasteiger partial charge < -0.3 is 18.7 Å². The minimum absolute atomic E-state index is 0.130. The van der Waals surface area contributed by atoms with Gasteiger partial charge in [0.2, 0.25) is 11.7 Å². The molecule has 2 aromatic carbocycles. The van der Waals surface area contributed by atoms with Crippen LogP contribution in [-0.2, 0) is 22.6 Å². The summed E-state index contributed by atoms with van der Waals surface area (Å²) in [6, 6.07) is 12.9.